The largest absolute Gasteiger partial charge is 0.307 e. The van der Waals surface area contributed by atoms with Gasteiger partial charge in [-0.15, -0.1) is 0 Å². The smallest absolute Gasteiger partial charge is 0.0319 e. The molecule has 0 aliphatic heterocycles. The lowest BCUT2D eigenvalue weighted by Gasteiger charge is -2.23. The third-order valence-corrected chi connectivity index (χ3v) is 3.55. The van der Waals surface area contributed by atoms with Crippen LogP contribution in [0, 0.1) is 12.8 Å². The molecule has 2 atom stereocenters. The van der Waals surface area contributed by atoms with Crippen molar-refractivity contribution in [2.24, 2.45) is 5.92 Å². The Labute approximate surface area is 113 Å². The van der Waals surface area contributed by atoms with Crippen LogP contribution in [0.25, 0.3) is 0 Å². The highest BCUT2D eigenvalue weighted by molar-refractivity contribution is 5.24. The van der Waals surface area contributed by atoms with Gasteiger partial charge in [0.15, 0.2) is 0 Å². The van der Waals surface area contributed by atoms with Crippen molar-refractivity contribution in [2.45, 2.75) is 66.0 Å². The number of benzene rings is 1. The molecule has 0 saturated heterocycles. The predicted octanol–water partition coefficient (Wildman–Crippen LogP) is 4.86. The maximum atomic E-state index is 3.76. The molecular weight excluding hydrogens is 218 g/mol. The summed E-state index contributed by atoms with van der Waals surface area (Å²) in [6.45, 7) is 11.3. The quantitative estimate of drug-likeness (QED) is 0.725. The molecule has 1 nitrogen and oxygen atoms in total. The van der Waals surface area contributed by atoms with E-state index in [1.165, 1.54) is 24.0 Å². The van der Waals surface area contributed by atoms with Crippen LogP contribution in [0.3, 0.4) is 0 Å². The minimum Gasteiger partial charge on any atom is -0.307 e. The highest BCUT2D eigenvalue weighted by Gasteiger charge is 2.12. The first-order valence-corrected chi connectivity index (χ1v) is 7.35. The van der Waals surface area contributed by atoms with Gasteiger partial charge in [-0.3, -0.25) is 0 Å². The van der Waals surface area contributed by atoms with Gasteiger partial charge < -0.3 is 5.32 Å². The summed E-state index contributed by atoms with van der Waals surface area (Å²) in [7, 11) is 0. The summed E-state index contributed by atoms with van der Waals surface area (Å²) in [6.07, 6.45) is 3.72. The lowest BCUT2D eigenvalue weighted by Crippen LogP contribution is -2.30. The zero-order chi connectivity index (χ0) is 13.5. The predicted molar refractivity (Wildman–Crippen MR) is 80.9 cm³/mol. The third-order valence-electron chi connectivity index (χ3n) is 3.55. The van der Waals surface area contributed by atoms with Crippen LogP contribution in [0.5, 0.6) is 0 Å². The van der Waals surface area contributed by atoms with Crippen molar-refractivity contribution in [2.75, 3.05) is 0 Å². The van der Waals surface area contributed by atoms with E-state index in [1.54, 1.807) is 0 Å². The summed E-state index contributed by atoms with van der Waals surface area (Å²) in [5.41, 5.74) is 2.75. The fraction of sp³-hybridized carbons (Fsp3) is 0.647. The molecule has 1 heteroatoms. The molecule has 0 aromatic heterocycles. The Morgan fingerprint density at radius 2 is 1.61 bits per heavy atom. The van der Waals surface area contributed by atoms with E-state index < -0.39 is 0 Å². The van der Waals surface area contributed by atoms with E-state index in [4.69, 9.17) is 0 Å². The van der Waals surface area contributed by atoms with Crippen molar-refractivity contribution in [1.29, 1.82) is 0 Å². The monoisotopic (exact) mass is 247 g/mol. The van der Waals surface area contributed by atoms with Crippen molar-refractivity contribution in [3.05, 3.63) is 35.4 Å². The van der Waals surface area contributed by atoms with Gasteiger partial charge in [0.25, 0.3) is 0 Å². The molecule has 1 aromatic carbocycles. The van der Waals surface area contributed by atoms with E-state index in [-0.39, 0.29) is 0 Å². The van der Waals surface area contributed by atoms with Crippen LogP contribution in [0.1, 0.15) is 64.1 Å². The molecular formula is C17H29N. The Kier molecular flexibility index (Phi) is 6.42. The summed E-state index contributed by atoms with van der Waals surface area (Å²) in [4.78, 5) is 0. The topological polar surface area (TPSA) is 12.0 Å². The molecule has 2 unspecified atom stereocenters. The van der Waals surface area contributed by atoms with Gasteiger partial charge in [0.2, 0.25) is 0 Å². The third kappa shape index (κ3) is 5.22. The number of aryl methyl sites for hydroxylation is 1. The van der Waals surface area contributed by atoms with Crippen LogP contribution >= 0.6 is 0 Å². The highest BCUT2D eigenvalue weighted by Crippen LogP contribution is 2.19. The molecule has 1 aromatic rings. The van der Waals surface area contributed by atoms with Crippen LogP contribution in [-0.2, 0) is 0 Å². The molecule has 0 aliphatic rings. The molecule has 0 heterocycles. The van der Waals surface area contributed by atoms with Crippen molar-refractivity contribution in [3.8, 4) is 0 Å². The van der Waals surface area contributed by atoms with Gasteiger partial charge >= 0.3 is 0 Å². The Bertz CT molecular complexity index is 326. The van der Waals surface area contributed by atoms with Gasteiger partial charge in [0, 0.05) is 12.1 Å². The first-order valence-electron chi connectivity index (χ1n) is 7.35. The van der Waals surface area contributed by atoms with Crippen molar-refractivity contribution in [1.82, 2.24) is 5.32 Å². The van der Waals surface area contributed by atoms with Crippen LogP contribution in [0.2, 0.25) is 0 Å². The Morgan fingerprint density at radius 3 is 2.11 bits per heavy atom. The van der Waals surface area contributed by atoms with Gasteiger partial charge in [0.05, 0.1) is 0 Å². The molecule has 1 N–H and O–H groups in total. The van der Waals surface area contributed by atoms with E-state index in [2.05, 4.69) is 64.2 Å². The molecule has 0 amide bonds. The molecule has 0 bridgehead atoms. The summed E-state index contributed by atoms with van der Waals surface area (Å²) in [5.74, 6) is 0.800. The molecule has 0 saturated carbocycles. The fourth-order valence-corrected chi connectivity index (χ4v) is 2.26. The second-order valence-electron chi connectivity index (χ2n) is 5.91. The minimum absolute atomic E-state index is 0.493. The molecule has 102 valence electrons. The number of hydrogen-bond acceptors (Lipinski definition) is 1. The van der Waals surface area contributed by atoms with E-state index in [0.717, 1.165) is 12.3 Å². The van der Waals surface area contributed by atoms with E-state index in [0.29, 0.717) is 12.1 Å². The first-order chi connectivity index (χ1) is 8.52. The maximum absolute atomic E-state index is 3.76. The van der Waals surface area contributed by atoms with Gasteiger partial charge in [-0.25, -0.2) is 0 Å². The fourth-order valence-electron chi connectivity index (χ4n) is 2.26. The first kappa shape index (κ1) is 15.2. The standard InChI is InChI=1S/C17H29N/c1-6-17(16-11-8-14(4)9-12-16)18-15(5)10-7-13(2)3/h8-9,11-13,15,17-18H,6-7,10H2,1-5H3. The Balaban J connectivity index is 2.53. The molecule has 1 rings (SSSR count). The molecule has 0 spiro atoms. The average molecular weight is 247 g/mol. The van der Waals surface area contributed by atoms with Crippen LogP contribution in [0.15, 0.2) is 24.3 Å². The van der Waals surface area contributed by atoms with Crippen LogP contribution < -0.4 is 5.32 Å². The minimum atomic E-state index is 0.493. The Morgan fingerprint density at radius 1 is 1.00 bits per heavy atom. The highest BCUT2D eigenvalue weighted by atomic mass is 14.9. The van der Waals surface area contributed by atoms with Gasteiger partial charge in [-0.1, -0.05) is 50.6 Å². The van der Waals surface area contributed by atoms with E-state index in [1.807, 2.05) is 0 Å². The summed E-state index contributed by atoms with van der Waals surface area (Å²) in [6, 6.07) is 10.0. The number of rotatable bonds is 7. The SMILES string of the molecule is CCC(NC(C)CCC(C)C)c1ccc(C)cc1. The summed E-state index contributed by atoms with van der Waals surface area (Å²) in [5, 5.41) is 3.76. The van der Waals surface area contributed by atoms with Crippen molar-refractivity contribution >= 4 is 0 Å². The molecule has 0 radical (unpaired) electrons. The van der Waals surface area contributed by atoms with Crippen molar-refractivity contribution in [3.63, 3.8) is 0 Å². The van der Waals surface area contributed by atoms with Gasteiger partial charge in [0.1, 0.15) is 0 Å². The number of hydrogen-bond donors (Lipinski definition) is 1. The Hall–Kier alpha value is -0.820. The lowest BCUT2D eigenvalue weighted by atomic mass is 10.00. The molecule has 0 aliphatic carbocycles. The maximum Gasteiger partial charge on any atom is 0.0319 e. The summed E-state index contributed by atoms with van der Waals surface area (Å²) < 4.78 is 0. The number of nitrogens with one attached hydrogen (secondary N) is 1. The zero-order valence-electron chi connectivity index (χ0n) is 12.7. The van der Waals surface area contributed by atoms with Crippen LogP contribution in [-0.4, -0.2) is 6.04 Å². The van der Waals surface area contributed by atoms with Crippen molar-refractivity contribution < 1.29 is 0 Å². The second-order valence-corrected chi connectivity index (χ2v) is 5.91. The molecule has 0 fully saturated rings. The second kappa shape index (κ2) is 7.58. The van der Waals surface area contributed by atoms with Gasteiger partial charge in [-0.2, -0.15) is 0 Å². The molecule has 18 heavy (non-hydrogen) atoms. The summed E-state index contributed by atoms with van der Waals surface area (Å²) >= 11 is 0. The van der Waals surface area contributed by atoms with Gasteiger partial charge in [-0.05, 0) is 44.6 Å². The average Bonchev–Trinajstić information content (AvgIpc) is 2.34. The van der Waals surface area contributed by atoms with E-state index >= 15 is 0 Å². The normalized spacial score (nSPS) is 14.8. The lowest BCUT2D eigenvalue weighted by molar-refractivity contribution is 0.398. The van der Waals surface area contributed by atoms with E-state index in [9.17, 15) is 0 Å². The van der Waals surface area contributed by atoms with Crippen LogP contribution in [0.4, 0.5) is 0 Å². The zero-order valence-corrected chi connectivity index (χ0v) is 12.7.